The van der Waals surface area contributed by atoms with Gasteiger partial charge in [0.1, 0.15) is 0 Å². The minimum absolute atomic E-state index is 0. The molecule has 0 aliphatic rings. The van der Waals surface area contributed by atoms with Crippen molar-refractivity contribution in [2.24, 2.45) is 11.5 Å². The Hall–Kier alpha value is -0.770. The smallest absolute Gasteiger partial charge is 0.249 e. The second-order valence-corrected chi connectivity index (χ2v) is 2.74. The van der Waals surface area contributed by atoms with Gasteiger partial charge >= 0.3 is 0 Å². The van der Waals surface area contributed by atoms with Crippen LogP contribution in [0.4, 0.5) is 0 Å². The molecule has 1 aromatic carbocycles. The topological polar surface area (TPSA) is 69.1 Å². The van der Waals surface area contributed by atoms with E-state index in [9.17, 15) is 4.79 Å². The monoisotopic (exact) mass is 236 g/mol. The summed E-state index contributed by atoms with van der Waals surface area (Å²) in [6, 6.07) is 6.94. The average Bonchev–Trinajstić information content (AvgIpc) is 2.04. The normalized spacial score (nSPS) is 10.7. The highest BCUT2D eigenvalue weighted by atomic mass is 35.5. The molecule has 0 bridgehead atoms. The zero-order chi connectivity index (χ0) is 9.14. The predicted molar refractivity (Wildman–Crippen MR) is 62.1 cm³/mol. The Balaban J connectivity index is 0. The molecule has 0 heterocycles. The van der Waals surface area contributed by atoms with Crippen LogP contribution in [0, 0.1) is 0 Å². The molecule has 0 saturated heterocycles. The van der Waals surface area contributed by atoms with E-state index >= 15 is 0 Å². The molecule has 1 unspecified atom stereocenters. The average molecular weight is 237 g/mol. The van der Waals surface area contributed by atoms with E-state index in [4.69, 9.17) is 11.5 Å². The van der Waals surface area contributed by atoms with Crippen LogP contribution < -0.4 is 11.5 Å². The number of primary amides is 1. The second kappa shape index (κ2) is 6.65. The van der Waals surface area contributed by atoms with Crippen LogP contribution >= 0.6 is 24.8 Å². The predicted octanol–water partition coefficient (Wildman–Crippen LogP) is 1.65. The SMILES string of the molecule is CC(N)c1ccccc1C(N)=O.Cl.Cl. The molecule has 0 radical (unpaired) electrons. The van der Waals surface area contributed by atoms with Crippen LogP contribution in [0.3, 0.4) is 0 Å². The van der Waals surface area contributed by atoms with Crippen LogP contribution in [-0.4, -0.2) is 5.91 Å². The van der Waals surface area contributed by atoms with E-state index in [-0.39, 0.29) is 30.9 Å². The van der Waals surface area contributed by atoms with Gasteiger partial charge in [-0.25, -0.2) is 0 Å². The summed E-state index contributed by atoms with van der Waals surface area (Å²) >= 11 is 0. The number of rotatable bonds is 2. The van der Waals surface area contributed by atoms with E-state index in [1.807, 2.05) is 19.1 Å². The Morgan fingerprint density at radius 1 is 1.29 bits per heavy atom. The van der Waals surface area contributed by atoms with Gasteiger partial charge in [-0.1, -0.05) is 18.2 Å². The summed E-state index contributed by atoms with van der Waals surface area (Å²) in [5.74, 6) is -0.428. The van der Waals surface area contributed by atoms with Gasteiger partial charge in [0.25, 0.3) is 0 Å². The summed E-state index contributed by atoms with van der Waals surface area (Å²) in [6.45, 7) is 1.82. The molecule has 3 nitrogen and oxygen atoms in total. The first-order chi connectivity index (χ1) is 5.63. The van der Waals surface area contributed by atoms with Crippen LogP contribution in [0.2, 0.25) is 0 Å². The first-order valence-corrected chi connectivity index (χ1v) is 3.77. The molecule has 14 heavy (non-hydrogen) atoms. The van der Waals surface area contributed by atoms with Gasteiger partial charge in [0.05, 0.1) is 0 Å². The number of halogens is 2. The van der Waals surface area contributed by atoms with Crippen molar-refractivity contribution in [1.29, 1.82) is 0 Å². The van der Waals surface area contributed by atoms with Gasteiger partial charge in [-0.15, -0.1) is 24.8 Å². The highest BCUT2D eigenvalue weighted by Crippen LogP contribution is 2.14. The second-order valence-electron chi connectivity index (χ2n) is 2.74. The molecular formula is C9H14Cl2N2O. The van der Waals surface area contributed by atoms with E-state index in [2.05, 4.69) is 0 Å². The lowest BCUT2D eigenvalue weighted by atomic mass is 10.0. The van der Waals surface area contributed by atoms with Gasteiger partial charge in [0.2, 0.25) is 5.91 Å². The van der Waals surface area contributed by atoms with Gasteiger partial charge in [0.15, 0.2) is 0 Å². The van der Waals surface area contributed by atoms with E-state index in [1.165, 1.54) is 0 Å². The van der Waals surface area contributed by atoms with E-state index in [0.29, 0.717) is 5.56 Å². The third-order valence-electron chi connectivity index (χ3n) is 1.72. The van der Waals surface area contributed by atoms with Crippen molar-refractivity contribution in [3.8, 4) is 0 Å². The summed E-state index contributed by atoms with van der Waals surface area (Å²) < 4.78 is 0. The van der Waals surface area contributed by atoms with Crippen molar-refractivity contribution in [2.75, 3.05) is 0 Å². The van der Waals surface area contributed by atoms with Crippen molar-refractivity contribution in [3.05, 3.63) is 35.4 Å². The fourth-order valence-corrected chi connectivity index (χ4v) is 1.12. The third kappa shape index (κ3) is 3.54. The molecule has 5 heteroatoms. The van der Waals surface area contributed by atoms with Crippen LogP contribution in [-0.2, 0) is 0 Å². The highest BCUT2D eigenvalue weighted by Gasteiger charge is 2.09. The van der Waals surface area contributed by atoms with Gasteiger partial charge in [-0.05, 0) is 18.6 Å². The van der Waals surface area contributed by atoms with Crippen molar-refractivity contribution < 1.29 is 4.79 Å². The fraction of sp³-hybridized carbons (Fsp3) is 0.222. The Morgan fingerprint density at radius 2 is 1.79 bits per heavy atom. The molecule has 0 fully saturated rings. The Kier molecular flexibility index (Phi) is 7.45. The van der Waals surface area contributed by atoms with Crippen LogP contribution in [0.15, 0.2) is 24.3 Å². The van der Waals surface area contributed by atoms with Crippen molar-refractivity contribution in [2.45, 2.75) is 13.0 Å². The standard InChI is InChI=1S/C9H12N2O.2ClH/c1-6(10)7-4-2-3-5-8(7)9(11)12;;/h2-6H,10H2,1H3,(H2,11,12);2*1H. The number of nitrogens with two attached hydrogens (primary N) is 2. The number of carbonyl (C=O) groups excluding carboxylic acids is 1. The summed E-state index contributed by atoms with van der Waals surface area (Å²) in [7, 11) is 0. The summed E-state index contributed by atoms with van der Waals surface area (Å²) in [5.41, 5.74) is 12.1. The van der Waals surface area contributed by atoms with Gasteiger partial charge in [-0.3, -0.25) is 4.79 Å². The maximum Gasteiger partial charge on any atom is 0.249 e. The molecule has 0 aromatic heterocycles. The molecular weight excluding hydrogens is 223 g/mol. The van der Waals surface area contributed by atoms with Gasteiger partial charge in [-0.2, -0.15) is 0 Å². The molecule has 1 amide bonds. The molecule has 1 aromatic rings. The van der Waals surface area contributed by atoms with Gasteiger partial charge in [0, 0.05) is 11.6 Å². The Labute approximate surface area is 95.7 Å². The molecule has 0 saturated carbocycles. The first-order valence-electron chi connectivity index (χ1n) is 3.77. The van der Waals surface area contributed by atoms with Gasteiger partial charge < -0.3 is 11.5 Å². The number of carbonyl (C=O) groups is 1. The lowest BCUT2D eigenvalue weighted by Crippen LogP contribution is -2.17. The molecule has 1 atom stereocenters. The fourth-order valence-electron chi connectivity index (χ4n) is 1.12. The maximum absolute atomic E-state index is 10.9. The van der Waals surface area contributed by atoms with Crippen molar-refractivity contribution in [3.63, 3.8) is 0 Å². The van der Waals surface area contributed by atoms with Crippen molar-refractivity contribution in [1.82, 2.24) is 0 Å². The quantitative estimate of drug-likeness (QED) is 0.820. The minimum Gasteiger partial charge on any atom is -0.366 e. The number of hydrogen-bond donors (Lipinski definition) is 2. The molecule has 0 aliphatic heterocycles. The zero-order valence-corrected chi connectivity index (χ0v) is 9.40. The van der Waals surface area contributed by atoms with Crippen LogP contribution in [0.5, 0.6) is 0 Å². The molecule has 1 rings (SSSR count). The van der Waals surface area contributed by atoms with E-state index < -0.39 is 5.91 Å². The maximum atomic E-state index is 10.9. The summed E-state index contributed by atoms with van der Waals surface area (Å²) in [5, 5.41) is 0. The first kappa shape index (κ1) is 15.7. The van der Waals surface area contributed by atoms with E-state index in [1.54, 1.807) is 12.1 Å². The number of amides is 1. The largest absolute Gasteiger partial charge is 0.366 e. The highest BCUT2D eigenvalue weighted by molar-refractivity contribution is 5.94. The molecule has 4 N–H and O–H groups in total. The molecule has 0 aliphatic carbocycles. The minimum atomic E-state index is -0.428. The van der Waals surface area contributed by atoms with Crippen LogP contribution in [0.25, 0.3) is 0 Å². The summed E-state index contributed by atoms with van der Waals surface area (Å²) in [6.07, 6.45) is 0. The third-order valence-corrected chi connectivity index (χ3v) is 1.72. The number of hydrogen-bond acceptors (Lipinski definition) is 2. The van der Waals surface area contributed by atoms with Crippen LogP contribution in [0.1, 0.15) is 28.9 Å². The number of benzene rings is 1. The molecule has 0 spiro atoms. The van der Waals surface area contributed by atoms with Crippen molar-refractivity contribution >= 4 is 30.7 Å². The summed E-state index contributed by atoms with van der Waals surface area (Å²) in [4.78, 5) is 10.9. The zero-order valence-electron chi connectivity index (χ0n) is 7.77. The lowest BCUT2D eigenvalue weighted by molar-refractivity contribution is 0.0999. The van der Waals surface area contributed by atoms with E-state index in [0.717, 1.165) is 5.56 Å². The lowest BCUT2D eigenvalue weighted by Gasteiger charge is -2.08. The Morgan fingerprint density at radius 3 is 2.14 bits per heavy atom. The Bertz CT molecular complexity index is 303. The molecule has 80 valence electrons.